The summed E-state index contributed by atoms with van der Waals surface area (Å²) in [7, 11) is 0. The van der Waals surface area contributed by atoms with Crippen LogP contribution in [0.3, 0.4) is 0 Å². The topological polar surface area (TPSA) is 118 Å². The van der Waals surface area contributed by atoms with Crippen molar-refractivity contribution in [2.75, 3.05) is 0 Å². The number of aromatic carboxylic acids is 2. The predicted octanol–water partition coefficient (Wildman–Crippen LogP) is 2.01. The van der Waals surface area contributed by atoms with Crippen LogP contribution in [0.1, 0.15) is 26.3 Å². The molecule has 0 aliphatic heterocycles. The lowest BCUT2D eigenvalue weighted by Gasteiger charge is -2.09. The van der Waals surface area contributed by atoms with Crippen molar-refractivity contribution in [1.82, 2.24) is 0 Å². The summed E-state index contributed by atoms with van der Waals surface area (Å²) in [6.45, 7) is 0. The molecule has 0 aliphatic rings. The number of alkyl halides is 3. The maximum Gasteiger partial charge on any atom is 0.416 e. The van der Waals surface area contributed by atoms with Crippen molar-refractivity contribution in [3.8, 4) is 0 Å². The molecule has 1 rings (SSSR count). The number of rotatable bonds is 3. The molecular formula is C9H4F3NO6. The van der Waals surface area contributed by atoms with E-state index in [1.165, 1.54) is 0 Å². The van der Waals surface area contributed by atoms with Gasteiger partial charge in [0.25, 0.3) is 5.69 Å². The normalized spacial score (nSPS) is 11.1. The Hall–Kier alpha value is -2.65. The molecule has 0 unspecified atom stereocenters. The van der Waals surface area contributed by atoms with Gasteiger partial charge < -0.3 is 10.2 Å². The van der Waals surface area contributed by atoms with Gasteiger partial charge >= 0.3 is 18.1 Å². The van der Waals surface area contributed by atoms with Gasteiger partial charge in [0.05, 0.1) is 16.1 Å². The fraction of sp³-hybridized carbons (Fsp3) is 0.111. The molecule has 0 saturated heterocycles. The highest BCUT2D eigenvalue weighted by Gasteiger charge is 2.37. The number of hydrogen-bond donors (Lipinski definition) is 2. The van der Waals surface area contributed by atoms with Crippen LogP contribution in [-0.4, -0.2) is 27.1 Å². The number of nitro benzene ring substituents is 1. The van der Waals surface area contributed by atoms with E-state index >= 15 is 0 Å². The Morgan fingerprint density at radius 2 is 1.68 bits per heavy atom. The second-order valence-electron chi connectivity index (χ2n) is 3.28. The molecule has 0 aromatic heterocycles. The van der Waals surface area contributed by atoms with Crippen molar-refractivity contribution in [2.24, 2.45) is 0 Å². The molecule has 0 radical (unpaired) electrons. The standard InChI is InChI=1S/C9H4F3NO6/c10-9(11,12)3-1-4(7(14)15)6(8(16)17)5(2-3)13(18)19/h1-2H,(H,14,15)(H,16,17). The van der Waals surface area contributed by atoms with Gasteiger partial charge in [-0.15, -0.1) is 0 Å². The number of nitro groups is 1. The van der Waals surface area contributed by atoms with E-state index in [-0.39, 0.29) is 12.1 Å². The molecule has 0 atom stereocenters. The van der Waals surface area contributed by atoms with E-state index in [0.717, 1.165) is 0 Å². The van der Waals surface area contributed by atoms with Crippen molar-refractivity contribution >= 4 is 17.6 Å². The minimum absolute atomic E-state index is 0.0180. The highest BCUT2D eigenvalue weighted by atomic mass is 19.4. The third-order valence-corrected chi connectivity index (χ3v) is 2.09. The molecule has 0 heterocycles. The minimum Gasteiger partial charge on any atom is -0.478 e. The number of benzene rings is 1. The fourth-order valence-corrected chi connectivity index (χ4v) is 1.33. The molecule has 19 heavy (non-hydrogen) atoms. The van der Waals surface area contributed by atoms with Gasteiger partial charge in [0.15, 0.2) is 5.56 Å². The summed E-state index contributed by atoms with van der Waals surface area (Å²) in [6, 6.07) is 0.0225. The van der Waals surface area contributed by atoms with Gasteiger partial charge in [0.1, 0.15) is 0 Å². The molecule has 0 aliphatic carbocycles. The molecule has 2 N–H and O–H groups in total. The first-order valence-electron chi connectivity index (χ1n) is 4.42. The molecule has 0 spiro atoms. The lowest BCUT2D eigenvalue weighted by molar-refractivity contribution is -0.385. The summed E-state index contributed by atoms with van der Waals surface area (Å²) in [5.74, 6) is -4.01. The summed E-state index contributed by atoms with van der Waals surface area (Å²) in [5, 5.41) is 27.9. The smallest absolute Gasteiger partial charge is 0.416 e. The fourth-order valence-electron chi connectivity index (χ4n) is 1.33. The molecule has 0 saturated carbocycles. The van der Waals surface area contributed by atoms with Crippen LogP contribution in [0, 0.1) is 10.1 Å². The highest BCUT2D eigenvalue weighted by Crippen LogP contribution is 2.35. The number of carboxylic acid groups (broad SMARTS) is 2. The number of halogens is 3. The van der Waals surface area contributed by atoms with Crippen LogP contribution in [-0.2, 0) is 6.18 Å². The second kappa shape index (κ2) is 4.55. The molecule has 1 aromatic carbocycles. The zero-order valence-electron chi connectivity index (χ0n) is 8.76. The van der Waals surface area contributed by atoms with Crippen molar-refractivity contribution in [1.29, 1.82) is 0 Å². The van der Waals surface area contributed by atoms with Gasteiger partial charge in [-0.25, -0.2) is 9.59 Å². The minimum atomic E-state index is -5.04. The van der Waals surface area contributed by atoms with Crippen molar-refractivity contribution in [3.05, 3.63) is 38.9 Å². The molecule has 1 aromatic rings. The third kappa shape index (κ3) is 2.78. The van der Waals surface area contributed by atoms with E-state index in [4.69, 9.17) is 10.2 Å². The van der Waals surface area contributed by atoms with Gasteiger partial charge in [0, 0.05) is 6.07 Å². The van der Waals surface area contributed by atoms with Crippen LogP contribution in [0.15, 0.2) is 12.1 Å². The maximum absolute atomic E-state index is 12.4. The maximum atomic E-state index is 12.4. The highest BCUT2D eigenvalue weighted by molar-refractivity contribution is 6.04. The van der Waals surface area contributed by atoms with Crippen LogP contribution in [0.25, 0.3) is 0 Å². The number of carboxylic acids is 2. The van der Waals surface area contributed by atoms with Gasteiger partial charge in [-0.2, -0.15) is 13.2 Å². The van der Waals surface area contributed by atoms with Crippen LogP contribution < -0.4 is 0 Å². The van der Waals surface area contributed by atoms with Crippen molar-refractivity contribution in [2.45, 2.75) is 6.18 Å². The van der Waals surface area contributed by atoms with Crippen LogP contribution in [0.5, 0.6) is 0 Å². The number of carbonyl (C=O) groups is 2. The van der Waals surface area contributed by atoms with Crippen molar-refractivity contribution in [3.63, 3.8) is 0 Å². The first kappa shape index (κ1) is 14.4. The number of nitrogens with zero attached hydrogens (tertiary/aromatic N) is 1. The summed E-state index contributed by atoms with van der Waals surface area (Å²) >= 11 is 0. The Morgan fingerprint density at radius 3 is 2.00 bits per heavy atom. The number of hydrogen-bond acceptors (Lipinski definition) is 4. The lowest BCUT2D eigenvalue weighted by atomic mass is 10.0. The zero-order valence-corrected chi connectivity index (χ0v) is 8.76. The Bertz CT molecular complexity index is 545. The summed E-state index contributed by atoms with van der Waals surface area (Å²) in [5.41, 5.74) is -5.64. The molecule has 0 amide bonds. The summed E-state index contributed by atoms with van der Waals surface area (Å²) < 4.78 is 37.3. The molecule has 7 nitrogen and oxygen atoms in total. The van der Waals surface area contributed by atoms with E-state index < -0.39 is 45.4 Å². The monoisotopic (exact) mass is 279 g/mol. The SMILES string of the molecule is O=C(O)c1cc(C(F)(F)F)cc([N+](=O)[O-])c1C(=O)O. The van der Waals surface area contributed by atoms with E-state index in [1.807, 2.05) is 0 Å². The van der Waals surface area contributed by atoms with E-state index in [0.29, 0.717) is 0 Å². The largest absolute Gasteiger partial charge is 0.478 e. The van der Waals surface area contributed by atoms with Crippen LogP contribution in [0.2, 0.25) is 0 Å². The van der Waals surface area contributed by atoms with Crippen molar-refractivity contribution < 1.29 is 37.9 Å². The molecule has 10 heteroatoms. The lowest BCUT2D eigenvalue weighted by Crippen LogP contribution is -2.15. The Balaban J connectivity index is 3.78. The Labute approximate surface area is 102 Å². The Morgan fingerprint density at radius 1 is 1.16 bits per heavy atom. The third-order valence-electron chi connectivity index (χ3n) is 2.09. The van der Waals surface area contributed by atoms with Crippen LogP contribution in [0.4, 0.5) is 18.9 Å². The molecule has 0 bridgehead atoms. The van der Waals surface area contributed by atoms with Gasteiger partial charge in [-0.1, -0.05) is 0 Å². The Kier molecular flexibility index (Phi) is 3.45. The van der Waals surface area contributed by atoms with Gasteiger partial charge in [-0.3, -0.25) is 10.1 Å². The van der Waals surface area contributed by atoms with E-state index in [9.17, 15) is 32.9 Å². The summed E-state index contributed by atoms with van der Waals surface area (Å²) in [6.07, 6.45) is -5.04. The van der Waals surface area contributed by atoms with Crippen LogP contribution >= 0.6 is 0 Å². The summed E-state index contributed by atoms with van der Waals surface area (Å²) in [4.78, 5) is 30.7. The van der Waals surface area contributed by atoms with Gasteiger partial charge in [-0.05, 0) is 6.07 Å². The average molecular weight is 279 g/mol. The first-order chi connectivity index (χ1) is 8.55. The quantitative estimate of drug-likeness (QED) is 0.645. The first-order valence-corrected chi connectivity index (χ1v) is 4.42. The average Bonchev–Trinajstić information content (AvgIpc) is 2.25. The van der Waals surface area contributed by atoms with E-state index in [1.54, 1.807) is 0 Å². The zero-order chi connectivity index (χ0) is 15.0. The van der Waals surface area contributed by atoms with Gasteiger partial charge in [0.2, 0.25) is 0 Å². The second-order valence-corrected chi connectivity index (χ2v) is 3.28. The van der Waals surface area contributed by atoms with E-state index in [2.05, 4.69) is 0 Å². The predicted molar refractivity (Wildman–Crippen MR) is 52.0 cm³/mol. The molecular weight excluding hydrogens is 275 g/mol. The molecule has 0 fully saturated rings. The molecule has 102 valence electrons.